The molecule has 3 amide bonds. The molecule has 0 bridgehead atoms. The monoisotopic (exact) mass is 565 g/mol. The van der Waals surface area contributed by atoms with Crippen LogP contribution in [-0.2, 0) is 24.0 Å². The Morgan fingerprint density at radius 2 is 1.63 bits per heavy atom. The van der Waals surface area contributed by atoms with Gasteiger partial charge in [-0.1, -0.05) is 30.3 Å². The number of hydrogen-bond donors (Lipinski definition) is 6. The number of carbonyl (C=O) groups excluding carboxylic acids is 3. The smallest absolute Gasteiger partial charge is 0.327 e. The third-order valence-corrected chi connectivity index (χ3v) is 10.1. The second kappa shape index (κ2) is 10.1. The molecule has 12 nitrogen and oxygen atoms in total. The number of fused-ring (bicyclic) bond motifs is 1. The second-order valence-corrected chi connectivity index (χ2v) is 14.1. The summed E-state index contributed by atoms with van der Waals surface area (Å²) in [4.78, 5) is 64.5. The van der Waals surface area contributed by atoms with Crippen LogP contribution in [0.25, 0.3) is 0 Å². The van der Waals surface area contributed by atoms with Crippen LogP contribution in [-0.4, -0.2) is 89.2 Å². The predicted molar refractivity (Wildman–Crippen MR) is 141 cm³/mol. The minimum Gasteiger partial charge on any atom is -0.480 e. The highest BCUT2D eigenvalue weighted by Gasteiger charge is 2.64. The van der Waals surface area contributed by atoms with Gasteiger partial charge in [0.15, 0.2) is 0 Å². The van der Waals surface area contributed by atoms with E-state index in [2.05, 4.69) is 16.0 Å². The lowest BCUT2D eigenvalue weighted by atomic mass is 9.96. The van der Waals surface area contributed by atoms with Crippen molar-refractivity contribution >= 4 is 53.2 Å². The maximum absolute atomic E-state index is 13.6. The number of nitrogens with one attached hydrogen (secondary N) is 3. The van der Waals surface area contributed by atoms with Crippen LogP contribution in [0.1, 0.15) is 39.3 Å². The number of amides is 3. The van der Waals surface area contributed by atoms with Gasteiger partial charge in [0.25, 0.3) is 0 Å². The maximum Gasteiger partial charge on any atom is 0.327 e. The number of thioether (sulfide) groups is 2. The van der Waals surface area contributed by atoms with Crippen molar-refractivity contribution < 1.29 is 34.2 Å². The van der Waals surface area contributed by atoms with Gasteiger partial charge in [-0.05, 0) is 33.3 Å². The van der Waals surface area contributed by atoms with E-state index in [1.807, 2.05) is 0 Å². The Morgan fingerprint density at radius 1 is 1.00 bits per heavy atom. The number of rotatable bonds is 8. The third kappa shape index (κ3) is 4.97. The van der Waals surface area contributed by atoms with Crippen LogP contribution < -0.4 is 21.7 Å². The van der Waals surface area contributed by atoms with Crippen LogP contribution >= 0.6 is 23.5 Å². The number of benzene rings is 1. The highest BCUT2D eigenvalue weighted by atomic mass is 32.2. The molecule has 0 saturated carbocycles. The van der Waals surface area contributed by atoms with E-state index >= 15 is 0 Å². The summed E-state index contributed by atoms with van der Waals surface area (Å²) in [6.07, 6.45) is 0. The molecule has 38 heavy (non-hydrogen) atoms. The fourth-order valence-corrected chi connectivity index (χ4v) is 8.17. The fourth-order valence-electron chi connectivity index (χ4n) is 5.05. The second-order valence-electron chi connectivity index (χ2n) is 10.5. The van der Waals surface area contributed by atoms with Crippen LogP contribution in [0.4, 0.5) is 0 Å². The zero-order valence-corrected chi connectivity index (χ0v) is 22.8. The van der Waals surface area contributed by atoms with Gasteiger partial charge >= 0.3 is 11.9 Å². The first-order valence-corrected chi connectivity index (χ1v) is 13.7. The van der Waals surface area contributed by atoms with E-state index in [1.165, 1.54) is 28.4 Å². The van der Waals surface area contributed by atoms with Gasteiger partial charge in [-0.3, -0.25) is 24.5 Å². The van der Waals surface area contributed by atoms with Crippen LogP contribution in [0.2, 0.25) is 0 Å². The summed E-state index contributed by atoms with van der Waals surface area (Å²) >= 11 is 2.46. The number of aliphatic carboxylic acids is 2. The van der Waals surface area contributed by atoms with Gasteiger partial charge in [-0.2, -0.15) is 0 Å². The molecule has 0 aromatic heterocycles. The molecule has 3 aliphatic rings. The molecule has 3 saturated heterocycles. The van der Waals surface area contributed by atoms with Crippen LogP contribution in [0.3, 0.4) is 0 Å². The Kier molecular flexibility index (Phi) is 7.47. The highest BCUT2D eigenvalue weighted by Crippen LogP contribution is 2.50. The average Bonchev–Trinajstić information content (AvgIpc) is 3.30. The van der Waals surface area contributed by atoms with Gasteiger partial charge in [0.1, 0.15) is 35.6 Å². The first-order valence-electron chi connectivity index (χ1n) is 12.0. The molecule has 3 aliphatic heterocycles. The number of carbonyl (C=O) groups is 5. The van der Waals surface area contributed by atoms with Crippen molar-refractivity contribution in [2.45, 2.75) is 78.1 Å². The molecule has 0 spiro atoms. The highest BCUT2D eigenvalue weighted by molar-refractivity contribution is 8.02. The van der Waals surface area contributed by atoms with Crippen LogP contribution in [0.5, 0.6) is 0 Å². The topological polar surface area (TPSA) is 191 Å². The molecule has 1 unspecified atom stereocenters. The van der Waals surface area contributed by atoms with Crippen molar-refractivity contribution in [3.05, 3.63) is 35.9 Å². The lowest BCUT2D eigenvalue weighted by Gasteiger charge is -2.44. The Labute approximate surface area is 227 Å². The third-order valence-electron chi connectivity index (χ3n) is 7.00. The van der Waals surface area contributed by atoms with Gasteiger partial charge in [-0.25, -0.2) is 4.79 Å². The van der Waals surface area contributed by atoms with E-state index in [0.717, 1.165) is 0 Å². The number of carboxylic acids is 2. The summed E-state index contributed by atoms with van der Waals surface area (Å²) in [5, 5.41) is 26.1. The number of carboxylic acid groups (broad SMARTS) is 2. The van der Waals surface area contributed by atoms with Crippen LogP contribution in [0.15, 0.2) is 30.3 Å². The Bertz CT molecular complexity index is 1160. The first kappa shape index (κ1) is 28.2. The molecule has 0 radical (unpaired) electrons. The molecular formula is C24H31N5O7S2. The molecule has 1 aromatic rings. The number of nitrogens with zero attached hydrogens (tertiary/aromatic N) is 1. The fraction of sp³-hybridized carbons (Fsp3) is 0.542. The number of hydrogen-bond acceptors (Lipinski definition) is 9. The molecule has 7 N–H and O–H groups in total. The van der Waals surface area contributed by atoms with Crippen molar-refractivity contribution in [1.29, 1.82) is 0 Å². The predicted octanol–water partition coefficient (Wildman–Crippen LogP) is -0.303. The molecule has 3 fully saturated rings. The lowest BCUT2D eigenvalue weighted by molar-refractivity contribution is -0.161. The minimum absolute atomic E-state index is 0.522. The minimum atomic E-state index is -1.28. The molecular weight excluding hydrogens is 534 g/mol. The molecule has 14 heteroatoms. The summed E-state index contributed by atoms with van der Waals surface area (Å²) in [5.74, 6) is -4.13. The van der Waals surface area contributed by atoms with Crippen LogP contribution in [0, 0.1) is 0 Å². The first-order chi connectivity index (χ1) is 17.7. The van der Waals surface area contributed by atoms with E-state index < -0.39 is 80.1 Å². The summed E-state index contributed by atoms with van der Waals surface area (Å²) in [6, 6.07) is 3.15. The van der Waals surface area contributed by atoms with E-state index in [-0.39, 0.29) is 0 Å². The van der Waals surface area contributed by atoms with Crippen molar-refractivity contribution in [2.75, 3.05) is 0 Å². The average molecular weight is 566 g/mol. The van der Waals surface area contributed by atoms with Gasteiger partial charge in [-0.15, -0.1) is 23.5 Å². The Morgan fingerprint density at radius 3 is 2.18 bits per heavy atom. The van der Waals surface area contributed by atoms with E-state index in [4.69, 9.17) is 5.73 Å². The van der Waals surface area contributed by atoms with Gasteiger partial charge in [0.05, 0.1) is 5.37 Å². The molecule has 3 heterocycles. The van der Waals surface area contributed by atoms with E-state index in [0.29, 0.717) is 5.56 Å². The van der Waals surface area contributed by atoms with E-state index in [9.17, 15) is 34.2 Å². The number of nitrogens with two attached hydrogens (primary N) is 1. The van der Waals surface area contributed by atoms with Gasteiger partial charge in [0, 0.05) is 9.49 Å². The zero-order chi connectivity index (χ0) is 28.2. The van der Waals surface area contributed by atoms with E-state index in [1.54, 1.807) is 58.0 Å². The molecule has 0 aliphatic carbocycles. The quantitative estimate of drug-likeness (QED) is 0.227. The normalized spacial score (nSPS) is 30.5. The number of β-lactam (4-membered cyclic amide) rings is 1. The Hall–Kier alpha value is -2.81. The summed E-state index contributed by atoms with van der Waals surface area (Å²) < 4.78 is -1.59. The maximum atomic E-state index is 13.6. The zero-order valence-electron chi connectivity index (χ0n) is 21.2. The molecule has 1 aromatic carbocycles. The van der Waals surface area contributed by atoms with Crippen molar-refractivity contribution in [3.63, 3.8) is 0 Å². The van der Waals surface area contributed by atoms with Crippen molar-refractivity contribution in [3.8, 4) is 0 Å². The SMILES string of the molecule is CC1(C)S[C@@H]2[C@H](NC(=O)[C@@H](NC(=O)[C@H](N)c3ccccc3)C3N[C@@H](C(=O)O)C(C)(C)S3)C(=O)N2[C@H]1C(=O)O. The summed E-state index contributed by atoms with van der Waals surface area (Å²) in [5.41, 5.74) is 6.66. The van der Waals surface area contributed by atoms with Gasteiger partial charge < -0.3 is 31.5 Å². The Balaban J connectivity index is 1.55. The summed E-state index contributed by atoms with van der Waals surface area (Å²) in [6.45, 7) is 6.88. The summed E-state index contributed by atoms with van der Waals surface area (Å²) in [7, 11) is 0. The largest absolute Gasteiger partial charge is 0.480 e. The lowest BCUT2D eigenvalue weighted by Crippen LogP contribution is -2.72. The molecule has 7 atom stereocenters. The molecule has 206 valence electrons. The standard InChI is InChI=1S/C24H31N5O7S2/c1-23(2)14(21(33)34)28-18(37-23)12(26-16(30)11(25)10-8-6-5-7-9-10)17(31)27-13-19(32)29-15(22(35)36)24(3,4)38-20(13)29/h5-9,11-15,18,20,28H,25H2,1-4H3,(H,26,30)(H,27,31)(H,33,34)(H,35,36)/t11-,12-,13-,14+,15+,18?,20-/m1/s1. The van der Waals surface area contributed by atoms with Crippen molar-refractivity contribution in [1.82, 2.24) is 20.9 Å². The van der Waals surface area contributed by atoms with Crippen molar-refractivity contribution in [2.24, 2.45) is 5.73 Å². The van der Waals surface area contributed by atoms with Gasteiger partial charge in [0.2, 0.25) is 17.7 Å². The molecule has 4 rings (SSSR count).